The molecule has 0 radical (unpaired) electrons. The van der Waals surface area contributed by atoms with E-state index in [0.29, 0.717) is 0 Å². The molecule has 1 atom stereocenters. The number of hydrogen-bond acceptors (Lipinski definition) is 4. The van der Waals surface area contributed by atoms with Crippen molar-refractivity contribution >= 4 is 21.6 Å². The normalized spacial score (nSPS) is 18.5. The van der Waals surface area contributed by atoms with E-state index in [4.69, 9.17) is 4.74 Å². The molecule has 1 aliphatic rings. The van der Waals surface area contributed by atoms with Gasteiger partial charge in [-0.1, -0.05) is 13.8 Å². The monoisotopic (exact) mass is 399 g/mol. The maximum atomic E-state index is 13.4. The van der Waals surface area contributed by atoms with Crippen molar-refractivity contribution in [3.63, 3.8) is 0 Å². The molecule has 0 fully saturated rings. The SMILES string of the molecule is CC(C)[C@@H]1COc2c(cn(C)c2C(=O)Nc2ccc(F)c(F)c2)S(=O)(=O)N1. The minimum atomic E-state index is -3.88. The summed E-state index contributed by atoms with van der Waals surface area (Å²) >= 11 is 0. The second kappa shape index (κ2) is 6.93. The van der Waals surface area contributed by atoms with Gasteiger partial charge in [0.05, 0.1) is 6.04 Å². The first-order valence-corrected chi connectivity index (χ1v) is 9.69. The van der Waals surface area contributed by atoms with Crippen LogP contribution < -0.4 is 14.8 Å². The van der Waals surface area contributed by atoms with E-state index in [1.54, 1.807) is 0 Å². The Balaban J connectivity index is 1.97. The van der Waals surface area contributed by atoms with Crippen LogP contribution in [0.4, 0.5) is 14.5 Å². The van der Waals surface area contributed by atoms with Gasteiger partial charge in [-0.3, -0.25) is 4.79 Å². The van der Waals surface area contributed by atoms with Gasteiger partial charge in [0.25, 0.3) is 5.91 Å². The van der Waals surface area contributed by atoms with Gasteiger partial charge in [-0.15, -0.1) is 0 Å². The van der Waals surface area contributed by atoms with Crippen molar-refractivity contribution in [1.82, 2.24) is 9.29 Å². The van der Waals surface area contributed by atoms with Crippen molar-refractivity contribution in [2.75, 3.05) is 11.9 Å². The minimum Gasteiger partial charge on any atom is -0.488 e. The summed E-state index contributed by atoms with van der Waals surface area (Å²) in [4.78, 5) is 12.5. The molecule has 0 spiro atoms. The Morgan fingerprint density at radius 3 is 2.67 bits per heavy atom. The van der Waals surface area contributed by atoms with E-state index in [-0.39, 0.29) is 34.6 Å². The fourth-order valence-corrected chi connectivity index (χ4v) is 4.30. The van der Waals surface area contributed by atoms with Gasteiger partial charge in [-0.2, -0.15) is 0 Å². The van der Waals surface area contributed by atoms with Crippen molar-refractivity contribution in [1.29, 1.82) is 0 Å². The van der Waals surface area contributed by atoms with E-state index >= 15 is 0 Å². The predicted molar refractivity (Wildman–Crippen MR) is 94.2 cm³/mol. The molecule has 0 bridgehead atoms. The van der Waals surface area contributed by atoms with Crippen LogP contribution in [-0.4, -0.2) is 31.5 Å². The van der Waals surface area contributed by atoms with Crippen LogP contribution in [-0.2, 0) is 17.1 Å². The third-order valence-corrected chi connectivity index (χ3v) is 5.79. The van der Waals surface area contributed by atoms with E-state index in [2.05, 4.69) is 10.0 Å². The average molecular weight is 399 g/mol. The maximum absolute atomic E-state index is 13.4. The lowest BCUT2D eigenvalue weighted by atomic mass is 10.1. The molecule has 7 nitrogen and oxygen atoms in total. The van der Waals surface area contributed by atoms with Crippen molar-refractivity contribution in [2.24, 2.45) is 13.0 Å². The van der Waals surface area contributed by atoms with E-state index < -0.39 is 33.6 Å². The Morgan fingerprint density at radius 2 is 2.04 bits per heavy atom. The molecule has 2 N–H and O–H groups in total. The summed E-state index contributed by atoms with van der Waals surface area (Å²) in [6, 6.07) is 2.47. The van der Waals surface area contributed by atoms with Crippen LogP contribution in [0.3, 0.4) is 0 Å². The Kier molecular flexibility index (Phi) is 4.96. The molecular weight excluding hydrogens is 380 g/mol. The zero-order valence-corrected chi connectivity index (χ0v) is 15.7. The number of nitrogens with one attached hydrogen (secondary N) is 2. The van der Waals surface area contributed by atoms with E-state index in [9.17, 15) is 22.0 Å². The number of hydrogen-bond donors (Lipinski definition) is 2. The number of fused-ring (bicyclic) bond motifs is 1. The molecule has 0 unspecified atom stereocenters. The van der Waals surface area contributed by atoms with Crippen LogP contribution in [0.15, 0.2) is 29.3 Å². The second-order valence-corrected chi connectivity index (χ2v) is 8.33. The highest BCUT2D eigenvalue weighted by Crippen LogP contribution is 2.33. The van der Waals surface area contributed by atoms with E-state index in [1.807, 2.05) is 13.8 Å². The summed E-state index contributed by atoms with van der Waals surface area (Å²) in [5, 5.41) is 2.42. The number of amides is 1. The van der Waals surface area contributed by atoms with Gasteiger partial charge in [0, 0.05) is 25.0 Å². The van der Waals surface area contributed by atoms with Gasteiger partial charge in [0.2, 0.25) is 10.0 Å². The first kappa shape index (κ1) is 19.3. The quantitative estimate of drug-likeness (QED) is 0.829. The Hall–Kier alpha value is -2.46. The van der Waals surface area contributed by atoms with Crippen molar-refractivity contribution in [3.05, 3.63) is 41.7 Å². The number of ether oxygens (including phenoxy) is 1. The summed E-state index contributed by atoms with van der Waals surface area (Å²) in [5.41, 5.74) is -0.00646. The standard InChI is InChI=1S/C17H19F2N3O4S/c1-9(2)13-8-26-16-14(27(24,25)21-13)7-22(3)15(16)17(23)20-10-4-5-11(18)12(19)6-10/h4-7,9,13,21H,8H2,1-3H3,(H,20,23)/t13-/m0/s1. The molecule has 0 saturated carbocycles. The van der Waals surface area contributed by atoms with Crippen LogP contribution in [0.1, 0.15) is 24.3 Å². The minimum absolute atomic E-state index is 0.0167. The van der Waals surface area contributed by atoms with Crippen LogP contribution in [0.25, 0.3) is 0 Å². The predicted octanol–water partition coefficient (Wildman–Crippen LogP) is 2.25. The number of anilines is 1. The summed E-state index contributed by atoms with van der Waals surface area (Å²) in [6.07, 6.45) is 1.28. The lowest BCUT2D eigenvalue weighted by Crippen LogP contribution is -2.40. The third kappa shape index (κ3) is 3.67. The lowest BCUT2D eigenvalue weighted by molar-refractivity contribution is 0.101. The van der Waals surface area contributed by atoms with Gasteiger partial charge < -0.3 is 14.6 Å². The van der Waals surface area contributed by atoms with E-state index in [1.165, 1.54) is 23.9 Å². The largest absolute Gasteiger partial charge is 0.488 e. The number of rotatable bonds is 3. The highest BCUT2D eigenvalue weighted by molar-refractivity contribution is 7.89. The molecule has 1 aromatic heterocycles. The van der Waals surface area contributed by atoms with Gasteiger partial charge in [-0.25, -0.2) is 21.9 Å². The molecule has 1 aliphatic heterocycles. The summed E-state index contributed by atoms with van der Waals surface area (Å²) < 4.78 is 61.2. The average Bonchev–Trinajstić information content (AvgIpc) is 2.85. The van der Waals surface area contributed by atoms with Crippen LogP contribution >= 0.6 is 0 Å². The number of aromatic nitrogens is 1. The third-order valence-electron chi connectivity index (χ3n) is 4.30. The molecule has 146 valence electrons. The van der Waals surface area contributed by atoms with Gasteiger partial charge >= 0.3 is 0 Å². The first-order valence-electron chi connectivity index (χ1n) is 8.21. The van der Waals surface area contributed by atoms with E-state index in [0.717, 1.165) is 12.1 Å². The number of nitrogens with zero attached hydrogens (tertiary/aromatic N) is 1. The molecule has 2 aromatic rings. The number of sulfonamides is 1. The fourth-order valence-electron chi connectivity index (χ4n) is 2.73. The molecule has 2 heterocycles. The number of carbonyl (C=O) groups excluding carboxylic acids is 1. The zero-order chi connectivity index (χ0) is 19.9. The number of aryl methyl sites for hydroxylation is 1. The fraction of sp³-hybridized carbons (Fsp3) is 0.353. The molecule has 1 amide bonds. The molecule has 3 rings (SSSR count). The van der Waals surface area contributed by atoms with Crippen molar-refractivity contribution < 1.29 is 26.7 Å². The summed E-state index contributed by atoms with van der Waals surface area (Å²) in [5.74, 6) is -2.95. The van der Waals surface area contributed by atoms with Crippen molar-refractivity contribution in [3.8, 4) is 5.75 Å². The van der Waals surface area contributed by atoms with Crippen LogP contribution in [0.5, 0.6) is 5.75 Å². The Labute approximate surface area is 155 Å². The first-order chi connectivity index (χ1) is 12.6. The topological polar surface area (TPSA) is 89.4 Å². The van der Waals surface area contributed by atoms with Crippen LogP contribution in [0.2, 0.25) is 0 Å². The van der Waals surface area contributed by atoms with Crippen molar-refractivity contribution in [2.45, 2.75) is 24.8 Å². The van der Waals surface area contributed by atoms with Gasteiger partial charge in [-0.05, 0) is 18.1 Å². The summed E-state index contributed by atoms with van der Waals surface area (Å²) in [7, 11) is -2.38. The lowest BCUT2D eigenvalue weighted by Gasteiger charge is -2.18. The Morgan fingerprint density at radius 1 is 1.33 bits per heavy atom. The smallest absolute Gasteiger partial charge is 0.276 e. The zero-order valence-electron chi connectivity index (χ0n) is 14.9. The van der Waals surface area contributed by atoms with Crippen LogP contribution in [0, 0.1) is 17.6 Å². The number of carbonyl (C=O) groups is 1. The molecule has 10 heteroatoms. The van der Waals surface area contributed by atoms with Gasteiger partial charge in [0.15, 0.2) is 23.1 Å². The number of benzene rings is 1. The molecule has 0 saturated heterocycles. The van der Waals surface area contributed by atoms with Gasteiger partial charge in [0.1, 0.15) is 11.5 Å². The number of halogens is 2. The molecule has 27 heavy (non-hydrogen) atoms. The highest BCUT2D eigenvalue weighted by atomic mass is 32.2. The molecule has 1 aromatic carbocycles. The maximum Gasteiger partial charge on any atom is 0.276 e. The molecule has 0 aliphatic carbocycles. The highest BCUT2D eigenvalue weighted by Gasteiger charge is 2.35. The summed E-state index contributed by atoms with van der Waals surface area (Å²) in [6.45, 7) is 3.76. The molecular formula is C17H19F2N3O4S. The Bertz CT molecular complexity index is 1000. The second-order valence-electron chi connectivity index (χ2n) is 6.65.